The van der Waals surface area contributed by atoms with Gasteiger partial charge in [-0.15, -0.1) is 0 Å². The van der Waals surface area contributed by atoms with E-state index in [-0.39, 0.29) is 0 Å². The Morgan fingerprint density at radius 3 is 2.50 bits per heavy atom. The molecule has 0 amide bonds. The summed E-state index contributed by atoms with van der Waals surface area (Å²) in [5.74, 6) is 0.852. The van der Waals surface area contributed by atoms with Crippen LogP contribution < -0.4 is 9.64 Å². The van der Waals surface area contributed by atoms with Gasteiger partial charge in [-0.1, -0.05) is 11.6 Å². The molecule has 5 heteroatoms. The summed E-state index contributed by atoms with van der Waals surface area (Å²) in [4.78, 5) is 2.31. The van der Waals surface area contributed by atoms with E-state index in [0.717, 1.165) is 33.5 Å². The normalized spacial score (nSPS) is 15.6. The van der Waals surface area contributed by atoms with Crippen molar-refractivity contribution in [3.05, 3.63) is 20.0 Å². The van der Waals surface area contributed by atoms with Crippen LogP contribution in [-0.4, -0.2) is 20.2 Å². The molecule has 1 aromatic carbocycles. The molecule has 0 spiro atoms. The summed E-state index contributed by atoms with van der Waals surface area (Å²) in [6.07, 6.45) is 2.45. The highest BCUT2D eigenvalue weighted by Crippen LogP contribution is 2.45. The zero-order valence-corrected chi connectivity index (χ0v) is 12.8. The predicted octanol–water partition coefficient (Wildman–Crippen LogP) is 4.47. The zero-order valence-electron chi connectivity index (χ0n) is 8.90. The van der Waals surface area contributed by atoms with Crippen molar-refractivity contribution in [2.75, 3.05) is 25.1 Å². The molecular weight excluding hydrogens is 357 g/mol. The smallest absolute Gasteiger partial charge is 0.144 e. The number of hydrogen-bond donors (Lipinski definition) is 0. The largest absolute Gasteiger partial charge is 0.494 e. The van der Waals surface area contributed by atoms with Crippen LogP contribution in [0.2, 0.25) is 5.02 Å². The minimum absolute atomic E-state index is 0.697. The first-order valence-corrected chi connectivity index (χ1v) is 7.08. The van der Waals surface area contributed by atoms with Gasteiger partial charge in [-0.05, 0) is 50.8 Å². The van der Waals surface area contributed by atoms with E-state index >= 15 is 0 Å². The van der Waals surface area contributed by atoms with Crippen molar-refractivity contribution >= 4 is 49.1 Å². The fourth-order valence-corrected chi connectivity index (χ4v) is 3.43. The molecule has 0 bridgehead atoms. The van der Waals surface area contributed by atoms with Gasteiger partial charge in [0.2, 0.25) is 0 Å². The number of anilines is 1. The predicted molar refractivity (Wildman–Crippen MR) is 74.9 cm³/mol. The topological polar surface area (TPSA) is 12.5 Å². The minimum Gasteiger partial charge on any atom is -0.494 e. The van der Waals surface area contributed by atoms with Gasteiger partial charge in [0.15, 0.2) is 0 Å². The third-order valence-corrected chi connectivity index (χ3v) is 4.99. The summed E-state index contributed by atoms with van der Waals surface area (Å²) in [6.45, 7) is 2.12. The molecule has 1 aromatic rings. The molecule has 1 aliphatic heterocycles. The molecule has 2 nitrogen and oxygen atoms in total. The molecule has 1 saturated heterocycles. The molecule has 88 valence electrons. The quantitative estimate of drug-likeness (QED) is 0.713. The van der Waals surface area contributed by atoms with E-state index < -0.39 is 0 Å². The Morgan fingerprint density at radius 1 is 1.31 bits per heavy atom. The van der Waals surface area contributed by atoms with Gasteiger partial charge in [0.05, 0.1) is 22.3 Å². The third-order valence-electron chi connectivity index (χ3n) is 2.74. The van der Waals surface area contributed by atoms with E-state index in [2.05, 4.69) is 36.8 Å². The van der Waals surface area contributed by atoms with Crippen LogP contribution in [-0.2, 0) is 0 Å². The molecule has 16 heavy (non-hydrogen) atoms. The van der Waals surface area contributed by atoms with Crippen molar-refractivity contribution in [2.24, 2.45) is 0 Å². The molecule has 0 N–H and O–H groups in total. The average molecular weight is 369 g/mol. The highest BCUT2D eigenvalue weighted by Gasteiger charge is 2.22. The standard InChI is InChI=1S/C11H12Br2ClNO/c1-16-8-6-7(12)10(14)9(13)11(8)15-4-2-3-5-15/h6H,2-5H2,1H3. The Labute approximate surface area is 117 Å². The zero-order chi connectivity index (χ0) is 11.7. The maximum Gasteiger partial charge on any atom is 0.144 e. The van der Waals surface area contributed by atoms with Gasteiger partial charge in [0.25, 0.3) is 0 Å². The molecule has 0 aliphatic carbocycles. The van der Waals surface area contributed by atoms with Gasteiger partial charge in [-0.25, -0.2) is 0 Å². The third kappa shape index (κ3) is 2.20. The number of halogens is 3. The molecule has 0 unspecified atom stereocenters. The highest BCUT2D eigenvalue weighted by molar-refractivity contribution is 9.11. The van der Waals surface area contributed by atoms with Crippen LogP contribution in [0, 0.1) is 0 Å². The molecule has 1 heterocycles. The van der Waals surface area contributed by atoms with Crippen LogP contribution in [0.25, 0.3) is 0 Å². The van der Waals surface area contributed by atoms with Gasteiger partial charge in [-0.2, -0.15) is 0 Å². The molecule has 0 radical (unpaired) electrons. The Bertz CT molecular complexity index is 405. The average Bonchev–Trinajstić information content (AvgIpc) is 2.78. The lowest BCUT2D eigenvalue weighted by Crippen LogP contribution is -2.19. The molecule has 0 saturated carbocycles. The number of methoxy groups -OCH3 is 1. The summed E-state index contributed by atoms with van der Waals surface area (Å²) < 4.78 is 7.17. The second-order valence-corrected chi connectivity index (χ2v) is 5.76. The molecule has 0 atom stereocenters. The van der Waals surface area contributed by atoms with E-state index in [4.69, 9.17) is 16.3 Å². The van der Waals surface area contributed by atoms with Crippen LogP contribution in [0.5, 0.6) is 5.75 Å². The maximum absolute atomic E-state index is 6.21. The van der Waals surface area contributed by atoms with E-state index in [1.807, 2.05) is 6.07 Å². The molecule has 0 aromatic heterocycles. The van der Waals surface area contributed by atoms with Crippen LogP contribution in [0.4, 0.5) is 5.69 Å². The van der Waals surface area contributed by atoms with Crippen LogP contribution >= 0.6 is 43.5 Å². The lowest BCUT2D eigenvalue weighted by Gasteiger charge is -2.23. The first-order chi connectivity index (χ1) is 7.65. The molecule has 2 rings (SSSR count). The Balaban J connectivity index is 2.52. The number of hydrogen-bond acceptors (Lipinski definition) is 2. The van der Waals surface area contributed by atoms with Gasteiger partial charge in [0, 0.05) is 17.6 Å². The highest BCUT2D eigenvalue weighted by atomic mass is 79.9. The van der Waals surface area contributed by atoms with E-state index in [1.165, 1.54) is 12.8 Å². The van der Waals surface area contributed by atoms with Crippen molar-refractivity contribution in [1.29, 1.82) is 0 Å². The van der Waals surface area contributed by atoms with Crippen molar-refractivity contribution in [1.82, 2.24) is 0 Å². The van der Waals surface area contributed by atoms with Crippen LogP contribution in [0.3, 0.4) is 0 Å². The van der Waals surface area contributed by atoms with Gasteiger partial charge >= 0.3 is 0 Å². The molecule has 1 fully saturated rings. The SMILES string of the molecule is COc1cc(Br)c(Cl)c(Br)c1N1CCCC1. The van der Waals surface area contributed by atoms with Crippen LogP contribution in [0.1, 0.15) is 12.8 Å². The summed E-state index contributed by atoms with van der Waals surface area (Å²) in [7, 11) is 1.68. The summed E-state index contributed by atoms with van der Waals surface area (Å²) >= 11 is 13.2. The van der Waals surface area contributed by atoms with Crippen LogP contribution in [0.15, 0.2) is 15.0 Å². The van der Waals surface area contributed by atoms with Crippen molar-refractivity contribution in [3.63, 3.8) is 0 Å². The van der Waals surface area contributed by atoms with E-state index in [9.17, 15) is 0 Å². The second kappa shape index (κ2) is 5.15. The lowest BCUT2D eigenvalue weighted by molar-refractivity contribution is 0.414. The minimum atomic E-state index is 0.697. The van der Waals surface area contributed by atoms with Gasteiger partial charge < -0.3 is 9.64 Å². The van der Waals surface area contributed by atoms with Crippen molar-refractivity contribution < 1.29 is 4.74 Å². The molecule has 1 aliphatic rings. The summed E-state index contributed by atoms with van der Waals surface area (Å²) in [5, 5.41) is 0.697. The number of nitrogens with zero attached hydrogens (tertiary/aromatic N) is 1. The number of ether oxygens (including phenoxy) is 1. The van der Waals surface area contributed by atoms with Gasteiger partial charge in [-0.3, -0.25) is 0 Å². The lowest BCUT2D eigenvalue weighted by atomic mass is 10.2. The first-order valence-electron chi connectivity index (χ1n) is 5.11. The summed E-state index contributed by atoms with van der Waals surface area (Å²) in [5.41, 5.74) is 1.06. The van der Waals surface area contributed by atoms with Crippen molar-refractivity contribution in [3.8, 4) is 5.75 Å². The second-order valence-electron chi connectivity index (χ2n) is 3.73. The monoisotopic (exact) mass is 367 g/mol. The fourth-order valence-electron chi connectivity index (χ4n) is 1.95. The van der Waals surface area contributed by atoms with Gasteiger partial charge in [0.1, 0.15) is 5.75 Å². The Kier molecular flexibility index (Phi) is 4.03. The maximum atomic E-state index is 6.21. The number of benzene rings is 1. The Morgan fingerprint density at radius 2 is 1.94 bits per heavy atom. The van der Waals surface area contributed by atoms with E-state index in [0.29, 0.717) is 5.02 Å². The van der Waals surface area contributed by atoms with Crippen molar-refractivity contribution in [2.45, 2.75) is 12.8 Å². The first kappa shape index (κ1) is 12.5. The Hall–Kier alpha value is 0.0700. The fraction of sp³-hybridized carbons (Fsp3) is 0.455. The van der Waals surface area contributed by atoms with E-state index in [1.54, 1.807) is 7.11 Å². The summed E-state index contributed by atoms with van der Waals surface area (Å²) in [6, 6.07) is 1.92. The molecular formula is C11H12Br2ClNO. The number of rotatable bonds is 2.